The molecule has 5 rings (SSSR count). The van der Waals surface area contributed by atoms with Gasteiger partial charge < -0.3 is 9.72 Å². The van der Waals surface area contributed by atoms with Crippen molar-refractivity contribution in [2.45, 2.75) is 38.2 Å². The zero-order chi connectivity index (χ0) is 19.1. The van der Waals surface area contributed by atoms with E-state index in [1.165, 1.54) is 0 Å². The van der Waals surface area contributed by atoms with Gasteiger partial charge >= 0.3 is 5.97 Å². The Kier molecular flexibility index (Phi) is 4.07. The average molecular weight is 375 g/mol. The third-order valence-electron chi connectivity index (χ3n) is 5.76. The summed E-state index contributed by atoms with van der Waals surface area (Å²) >= 11 is 0. The molecule has 0 bridgehead atoms. The van der Waals surface area contributed by atoms with Crippen LogP contribution in [0.1, 0.15) is 48.3 Å². The Morgan fingerprint density at radius 1 is 1.21 bits per heavy atom. The lowest BCUT2D eigenvalue weighted by Crippen LogP contribution is -2.15. The van der Waals surface area contributed by atoms with Gasteiger partial charge in [-0.2, -0.15) is 0 Å². The van der Waals surface area contributed by atoms with Crippen LogP contribution in [0.3, 0.4) is 0 Å². The number of carbonyl (C=O) groups is 1. The van der Waals surface area contributed by atoms with Crippen molar-refractivity contribution in [3.63, 3.8) is 0 Å². The van der Waals surface area contributed by atoms with Crippen molar-refractivity contribution in [2.75, 3.05) is 0 Å². The summed E-state index contributed by atoms with van der Waals surface area (Å²) < 4.78 is 7.90. The third kappa shape index (κ3) is 2.74. The van der Waals surface area contributed by atoms with E-state index in [2.05, 4.69) is 31.5 Å². The van der Waals surface area contributed by atoms with E-state index in [1.54, 1.807) is 18.3 Å². The summed E-state index contributed by atoms with van der Waals surface area (Å²) in [4.78, 5) is 20.0. The number of hydrogen-bond acceptors (Lipinski definition) is 5. The van der Waals surface area contributed by atoms with Crippen LogP contribution in [0.5, 0.6) is 0 Å². The van der Waals surface area contributed by atoms with Crippen molar-refractivity contribution in [3.8, 4) is 0 Å². The second-order valence-electron chi connectivity index (χ2n) is 7.36. The monoisotopic (exact) mass is 375 g/mol. The van der Waals surface area contributed by atoms with Gasteiger partial charge in [-0.05, 0) is 37.0 Å². The fraction of sp³-hybridized carbons (Fsp3) is 0.333. The minimum absolute atomic E-state index is 0.112. The summed E-state index contributed by atoms with van der Waals surface area (Å²) in [6.45, 7) is 2.18. The largest absolute Gasteiger partial charge is 0.459 e. The lowest BCUT2D eigenvalue weighted by atomic mass is 9.93. The number of carbonyl (C=O) groups excluding carboxylic acids is 1. The summed E-state index contributed by atoms with van der Waals surface area (Å²) in [7, 11) is 0. The highest BCUT2D eigenvalue weighted by atomic mass is 16.5. The highest BCUT2D eigenvalue weighted by Crippen LogP contribution is 2.42. The van der Waals surface area contributed by atoms with Gasteiger partial charge in [0.25, 0.3) is 0 Å². The number of esters is 1. The zero-order valence-electron chi connectivity index (χ0n) is 15.6. The van der Waals surface area contributed by atoms with Crippen LogP contribution in [0.25, 0.3) is 16.8 Å². The van der Waals surface area contributed by atoms with Gasteiger partial charge in [0, 0.05) is 12.1 Å². The maximum Gasteiger partial charge on any atom is 0.338 e. The molecule has 142 valence electrons. The van der Waals surface area contributed by atoms with Crippen molar-refractivity contribution in [2.24, 2.45) is 5.92 Å². The van der Waals surface area contributed by atoms with E-state index in [9.17, 15) is 4.79 Å². The minimum Gasteiger partial charge on any atom is -0.459 e. The number of benzene rings is 1. The number of nitrogens with one attached hydrogen (secondary N) is 1. The Labute approximate surface area is 161 Å². The maximum atomic E-state index is 12.5. The molecule has 0 saturated heterocycles. The molecule has 3 heterocycles. The molecule has 3 atom stereocenters. The molecule has 0 amide bonds. The number of hydrogen-bond donors (Lipinski definition) is 1. The predicted octanol–water partition coefficient (Wildman–Crippen LogP) is 3.73. The number of nitrogens with zero attached hydrogens (tertiary/aromatic N) is 4. The molecule has 3 aromatic heterocycles. The van der Waals surface area contributed by atoms with Crippen LogP contribution >= 0.6 is 0 Å². The summed E-state index contributed by atoms with van der Waals surface area (Å²) in [5.74, 6) is 1.24. The molecule has 0 radical (unpaired) electrons. The number of fused-ring (bicyclic) bond motifs is 3. The van der Waals surface area contributed by atoms with Crippen molar-refractivity contribution in [1.82, 2.24) is 24.6 Å². The molecular weight excluding hydrogens is 354 g/mol. The first kappa shape index (κ1) is 16.9. The number of aromatic amines is 1. The summed E-state index contributed by atoms with van der Waals surface area (Å²) in [5.41, 5.74) is 3.11. The van der Waals surface area contributed by atoms with Crippen molar-refractivity contribution in [3.05, 3.63) is 60.2 Å². The van der Waals surface area contributed by atoms with Gasteiger partial charge in [-0.25, -0.2) is 9.78 Å². The van der Waals surface area contributed by atoms with E-state index >= 15 is 0 Å². The summed E-state index contributed by atoms with van der Waals surface area (Å²) in [5, 5.41) is 8.82. The molecule has 1 aliphatic rings. The second-order valence-corrected chi connectivity index (χ2v) is 7.36. The van der Waals surface area contributed by atoms with Crippen molar-refractivity contribution < 1.29 is 9.53 Å². The molecule has 1 aromatic carbocycles. The fourth-order valence-electron chi connectivity index (χ4n) is 4.37. The topological polar surface area (TPSA) is 85.2 Å². The molecule has 7 heteroatoms. The molecule has 28 heavy (non-hydrogen) atoms. The molecular formula is C21H21N5O2. The quantitative estimate of drug-likeness (QED) is 0.549. The number of ether oxygens (including phenoxy) is 1. The van der Waals surface area contributed by atoms with Gasteiger partial charge in [0.05, 0.1) is 17.3 Å². The lowest BCUT2D eigenvalue weighted by molar-refractivity contribution is 0.0307. The molecule has 1 aliphatic carbocycles. The van der Waals surface area contributed by atoms with Crippen molar-refractivity contribution >= 4 is 22.8 Å². The molecule has 0 spiro atoms. The molecule has 1 fully saturated rings. The molecule has 1 saturated carbocycles. The minimum atomic E-state index is -0.260. The van der Waals surface area contributed by atoms with Gasteiger partial charge in [-0.1, -0.05) is 31.5 Å². The summed E-state index contributed by atoms with van der Waals surface area (Å²) in [6, 6.07) is 11.2. The van der Waals surface area contributed by atoms with Crippen LogP contribution in [0.4, 0.5) is 0 Å². The van der Waals surface area contributed by atoms with E-state index < -0.39 is 0 Å². The maximum absolute atomic E-state index is 12.5. The number of rotatable bonds is 4. The SMILES string of the molecule is CCC1CC(OC(=O)c2ccccc2)CC1c1nnc2cnc3[nH]ccc3n12. The van der Waals surface area contributed by atoms with Crippen LogP contribution in [0.15, 0.2) is 48.8 Å². The summed E-state index contributed by atoms with van der Waals surface area (Å²) in [6.07, 6.45) is 6.09. The van der Waals surface area contributed by atoms with Crippen LogP contribution in [-0.4, -0.2) is 36.6 Å². The predicted molar refractivity (Wildman–Crippen MR) is 104 cm³/mol. The molecule has 1 N–H and O–H groups in total. The fourth-order valence-corrected chi connectivity index (χ4v) is 4.37. The smallest absolute Gasteiger partial charge is 0.338 e. The Morgan fingerprint density at radius 2 is 2.07 bits per heavy atom. The number of aromatic nitrogens is 5. The van der Waals surface area contributed by atoms with Crippen LogP contribution in [0.2, 0.25) is 0 Å². The van der Waals surface area contributed by atoms with Gasteiger partial charge in [0.2, 0.25) is 0 Å². The van der Waals surface area contributed by atoms with E-state index in [-0.39, 0.29) is 18.0 Å². The Balaban J connectivity index is 1.45. The standard InChI is InChI=1S/C21H21N5O2/c1-2-13-10-15(28-21(27)14-6-4-3-5-7-14)11-16(13)20-25-24-18-12-23-19-17(26(18)20)8-9-22-19/h3-9,12-13,15-16,22H,2,10-11H2,1H3. The molecule has 0 aliphatic heterocycles. The highest BCUT2D eigenvalue weighted by molar-refractivity contribution is 5.89. The first-order valence-electron chi connectivity index (χ1n) is 9.67. The van der Waals surface area contributed by atoms with Gasteiger partial charge in [0.1, 0.15) is 11.9 Å². The second kappa shape index (κ2) is 6.74. The first-order chi connectivity index (χ1) is 13.7. The zero-order valence-corrected chi connectivity index (χ0v) is 15.6. The van der Waals surface area contributed by atoms with Gasteiger partial charge in [0.15, 0.2) is 11.3 Å². The lowest BCUT2D eigenvalue weighted by Gasteiger charge is -2.15. The van der Waals surface area contributed by atoms with E-state index in [1.807, 2.05) is 30.5 Å². The van der Waals surface area contributed by atoms with E-state index in [0.29, 0.717) is 11.5 Å². The molecule has 7 nitrogen and oxygen atoms in total. The Hall–Kier alpha value is -3.22. The molecule has 3 unspecified atom stereocenters. The van der Waals surface area contributed by atoms with Gasteiger partial charge in [-0.15, -0.1) is 10.2 Å². The van der Waals surface area contributed by atoms with Crippen LogP contribution in [0, 0.1) is 5.92 Å². The van der Waals surface area contributed by atoms with E-state index in [4.69, 9.17) is 4.74 Å². The average Bonchev–Trinajstić information content (AvgIpc) is 3.45. The Bertz CT molecular complexity index is 1130. The third-order valence-corrected chi connectivity index (χ3v) is 5.76. The van der Waals surface area contributed by atoms with E-state index in [0.717, 1.165) is 41.9 Å². The number of H-pyrrole nitrogens is 1. The Morgan fingerprint density at radius 3 is 2.89 bits per heavy atom. The highest BCUT2D eigenvalue weighted by Gasteiger charge is 2.39. The normalized spacial score (nSPS) is 22.1. The van der Waals surface area contributed by atoms with Crippen LogP contribution in [-0.2, 0) is 4.74 Å². The van der Waals surface area contributed by atoms with Crippen molar-refractivity contribution in [1.29, 1.82) is 0 Å². The van der Waals surface area contributed by atoms with Gasteiger partial charge in [-0.3, -0.25) is 4.40 Å². The molecule has 4 aromatic rings. The van der Waals surface area contributed by atoms with Crippen LogP contribution < -0.4 is 0 Å². The first-order valence-corrected chi connectivity index (χ1v) is 9.67.